The number of aromatic amines is 1. The molecule has 1 heterocycles. The zero-order valence-corrected chi connectivity index (χ0v) is 10.9. The van der Waals surface area contributed by atoms with Crippen molar-refractivity contribution in [1.82, 2.24) is 10.2 Å². The van der Waals surface area contributed by atoms with E-state index in [9.17, 15) is 0 Å². The molecule has 0 radical (unpaired) electrons. The number of benzene rings is 1. The summed E-state index contributed by atoms with van der Waals surface area (Å²) in [6, 6.07) is 6.94. The Hall–Kier alpha value is -1.51. The fourth-order valence-corrected chi connectivity index (χ4v) is 3.03. The Kier molecular flexibility index (Phi) is 3.22. The van der Waals surface area contributed by atoms with Crippen LogP contribution in [0, 0.1) is 5.92 Å². The smallest absolute Gasteiger partial charge is 0.0671 e. The minimum Gasteiger partial charge on any atom is -0.382 e. The highest BCUT2D eigenvalue weighted by atomic mass is 15.1. The van der Waals surface area contributed by atoms with E-state index >= 15 is 0 Å². The maximum Gasteiger partial charge on any atom is 0.0671 e. The van der Waals surface area contributed by atoms with Gasteiger partial charge in [-0.3, -0.25) is 5.10 Å². The molecule has 3 heteroatoms. The minimum atomic E-state index is 0.633. The molecule has 3 nitrogen and oxygen atoms in total. The molecule has 18 heavy (non-hydrogen) atoms. The summed E-state index contributed by atoms with van der Waals surface area (Å²) in [5.74, 6) is 0.952. The van der Waals surface area contributed by atoms with Gasteiger partial charge in [0.25, 0.3) is 0 Å². The molecular weight excluding hydrogens is 222 g/mol. The average molecular weight is 243 g/mol. The first-order valence-electron chi connectivity index (χ1n) is 7.05. The van der Waals surface area contributed by atoms with Crippen LogP contribution in [0.2, 0.25) is 0 Å². The molecule has 0 bridgehead atoms. The lowest BCUT2D eigenvalue weighted by Gasteiger charge is -2.29. The third-order valence-corrected chi connectivity index (χ3v) is 4.27. The molecular formula is C15H21N3. The molecule has 2 N–H and O–H groups in total. The second-order valence-electron chi connectivity index (χ2n) is 5.41. The number of hydrogen-bond donors (Lipinski definition) is 2. The first-order valence-corrected chi connectivity index (χ1v) is 7.05. The van der Waals surface area contributed by atoms with E-state index < -0.39 is 0 Å². The topological polar surface area (TPSA) is 40.7 Å². The quantitative estimate of drug-likeness (QED) is 0.857. The Balaban J connectivity index is 1.71. The molecule has 1 saturated carbocycles. The van der Waals surface area contributed by atoms with Crippen LogP contribution in [-0.2, 0) is 0 Å². The molecule has 1 aliphatic rings. The third-order valence-electron chi connectivity index (χ3n) is 4.27. The molecule has 1 aromatic carbocycles. The Bertz CT molecular complexity index is 509. The lowest BCUT2D eigenvalue weighted by Crippen LogP contribution is -2.25. The van der Waals surface area contributed by atoms with Crippen LogP contribution >= 0.6 is 0 Å². The van der Waals surface area contributed by atoms with Gasteiger partial charge in [0.1, 0.15) is 0 Å². The van der Waals surface area contributed by atoms with Gasteiger partial charge < -0.3 is 5.32 Å². The largest absolute Gasteiger partial charge is 0.382 e. The van der Waals surface area contributed by atoms with Gasteiger partial charge in [-0.2, -0.15) is 5.10 Å². The van der Waals surface area contributed by atoms with Crippen LogP contribution in [0.25, 0.3) is 10.9 Å². The van der Waals surface area contributed by atoms with Gasteiger partial charge in [0.15, 0.2) is 0 Å². The van der Waals surface area contributed by atoms with Crippen LogP contribution in [0.4, 0.5) is 5.69 Å². The van der Waals surface area contributed by atoms with Crippen molar-refractivity contribution < 1.29 is 0 Å². The number of nitrogens with one attached hydrogen (secondary N) is 2. The Morgan fingerprint density at radius 1 is 1.28 bits per heavy atom. The van der Waals surface area contributed by atoms with E-state index in [0.29, 0.717) is 6.04 Å². The molecule has 0 saturated heterocycles. The van der Waals surface area contributed by atoms with Gasteiger partial charge in [-0.1, -0.05) is 19.4 Å². The van der Waals surface area contributed by atoms with Crippen molar-refractivity contribution in [2.75, 3.05) is 5.32 Å². The summed E-state index contributed by atoms with van der Waals surface area (Å²) in [7, 11) is 0. The maximum absolute atomic E-state index is 4.12. The Morgan fingerprint density at radius 2 is 2.11 bits per heavy atom. The molecule has 0 atom stereocenters. The zero-order chi connectivity index (χ0) is 12.4. The summed E-state index contributed by atoms with van der Waals surface area (Å²) < 4.78 is 0. The van der Waals surface area contributed by atoms with Gasteiger partial charge in [0.05, 0.1) is 11.7 Å². The number of hydrogen-bond acceptors (Lipinski definition) is 2. The van der Waals surface area contributed by atoms with Crippen molar-refractivity contribution in [1.29, 1.82) is 0 Å². The predicted octanol–water partition coefficient (Wildman–Crippen LogP) is 3.94. The summed E-state index contributed by atoms with van der Waals surface area (Å²) >= 11 is 0. The van der Waals surface area contributed by atoms with Gasteiger partial charge in [-0.25, -0.2) is 0 Å². The van der Waals surface area contributed by atoms with Crippen LogP contribution < -0.4 is 5.32 Å². The highest BCUT2D eigenvalue weighted by Gasteiger charge is 2.20. The van der Waals surface area contributed by atoms with E-state index in [2.05, 4.69) is 40.6 Å². The van der Waals surface area contributed by atoms with E-state index in [1.165, 1.54) is 43.2 Å². The minimum absolute atomic E-state index is 0.633. The first kappa shape index (κ1) is 11.6. The van der Waals surface area contributed by atoms with E-state index in [4.69, 9.17) is 0 Å². The summed E-state index contributed by atoms with van der Waals surface area (Å²) in [5.41, 5.74) is 2.34. The van der Waals surface area contributed by atoms with Crippen LogP contribution in [-0.4, -0.2) is 16.2 Å². The van der Waals surface area contributed by atoms with E-state index in [1.54, 1.807) is 0 Å². The standard InChI is InChI=1S/C15H21N3/c1-2-11-6-8-12(9-7-11)17-14-4-3-5-15-13(14)10-16-18-15/h3-5,10-12,17H,2,6-9H2,1H3,(H,16,18). The molecule has 0 spiro atoms. The van der Waals surface area contributed by atoms with Crippen molar-refractivity contribution in [2.24, 2.45) is 5.92 Å². The highest BCUT2D eigenvalue weighted by Crippen LogP contribution is 2.30. The number of nitrogens with zero attached hydrogens (tertiary/aromatic N) is 1. The lowest BCUT2D eigenvalue weighted by molar-refractivity contribution is 0.330. The van der Waals surface area contributed by atoms with Crippen molar-refractivity contribution in [3.63, 3.8) is 0 Å². The lowest BCUT2D eigenvalue weighted by atomic mass is 9.84. The van der Waals surface area contributed by atoms with E-state index in [0.717, 1.165) is 11.4 Å². The highest BCUT2D eigenvalue weighted by molar-refractivity contribution is 5.90. The Labute approximate surface area is 108 Å². The Morgan fingerprint density at radius 3 is 2.89 bits per heavy atom. The molecule has 0 unspecified atom stereocenters. The zero-order valence-electron chi connectivity index (χ0n) is 10.9. The van der Waals surface area contributed by atoms with Crippen molar-refractivity contribution in [3.05, 3.63) is 24.4 Å². The average Bonchev–Trinajstić information content (AvgIpc) is 2.89. The van der Waals surface area contributed by atoms with Gasteiger partial charge in [0, 0.05) is 17.1 Å². The molecule has 1 fully saturated rings. The molecule has 1 aliphatic carbocycles. The van der Waals surface area contributed by atoms with Gasteiger partial charge in [0.2, 0.25) is 0 Å². The fourth-order valence-electron chi connectivity index (χ4n) is 3.03. The number of fused-ring (bicyclic) bond motifs is 1. The first-order chi connectivity index (χ1) is 8.86. The van der Waals surface area contributed by atoms with Crippen LogP contribution in [0.1, 0.15) is 39.0 Å². The summed E-state index contributed by atoms with van der Waals surface area (Å²) in [5, 5.41) is 12.0. The second-order valence-corrected chi connectivity index (χ2v) is 5.41. The number of anilines is 1. The summed E-state index contributed by atoms with van der Waals surface area (Å²) in [6.45, 7) is 2.31. The molecule has 2 aromatic rings. The third kappa shape index (κ3) is 2.22. The monoisotopic (exact) mass is 243 g/mol. The van der Waals surface area contributed by atoms with Crippen molar-refractivity contribution >= 4 is 16.6 Å². The van der Waals surface area contributed by atoms with Crippen LogP contribution in [0.15, 0.2) is 24.4 Å². The molecule has 0 amide bonds. The molecule has 0 aliphatic heterocycles. The molecule has 96 valence electrons. The van der Waals surface area contributed by atoms with E-state index in [-0.39, 0.29) is 0 Å². The van der Waals surface area contributed by atoms with Crippen molar-refractivity contribution in [2.45, 2.75) is 45.1 Å². The molecule has 1 aromatic heterocycles. The van der Waals surface area contributed by atoms with E-state index in [1.807, 2.05) is 6.20 Å². The normalized spacial score (nSPS) is 24.3. The number of H-pyrrole nitrogens is 1. The van der Waals surface area contributed by atoms with Gasteiger partial charge in [-0.05, 0) is 43.7 Å². The molecule has 3 rings (SSSR count). The van der Waals surface area contributed by atoms with Crippen molar-refractivity contribution in [3.8, 4) is 0 Å². The summed E-state index contributed by atoms with van der Waals surface area (Å²) in [4.78, 5) is 0. The number of aromatic nitrogens is 2. The van der Waals surface area contributed by atoms with Crippen LogP contribution in [0.5, 0.6) is 0 Å². The SMILES string of the molecule is CCC1CCC(Nc2cccc3[nH]ncc23)CC1. The predicted molar refractivity (Wildman–Crippen MR) is 75.8 cm³/mol. The maximum atomic E-state index is 4.12. The van der Waals surface area contributed by atoms with Gasteiger partial charge >= 0.3 is 0 Å². The summed E-state index contributed by atoms with van der Waals surface area (Å²) in [6.07, 6.45) is 8.59. The number of rotatable bonds is 3. The van der Waals surface area contributed by atoms with Gasteiger partial charge in [-0.15, -0.1) is 0 Å². The van der Waals surface area contributed by atoms with Crippen LogP contribution in [0.3, 0.4) is 0 Å². The fraction of sp³-hybridized carbons (Fsp3) is 0.533. The second kappa shape index (κ2) is 5.01.